The van der Waals surface area contributed by atoms with Crippen LogP contribution in [0.4, 0.5) is 0 Å². The molecule has 0 bridgehead atoms. The van der Waals surface area contributed by atoms with E-state index in [4.69, 9.17) is 4.74 Å². The topological polar surface area (TPSA) is 29.5 Å². The molecular formula is C26H52NO2P. The number of esters is 1. The van der Waals surface area contributed by atoms with Crippen LogP contribution < -0.4 is 0 Å². The molecule has 1 heterocycles. The number of piperidine rings is 1. The lowest BCUT2D eigenvalue weighted by Gasteiger charge is -2.55. The van der Waals surface area contributed by atoms with Gasteiger partial charge in [-0.1, -0.05) is 59.8 Å². The van der Waals surface area contributed by atoms with Crippen molar-refractivity contribution in [2.75, 3.05) is 13.2 Å². The van der Waals surface area contributed by atoms with E-state index in [1.165, 1.54) is 38.5 Å². The largest absolute Gasteiger partial charge is 0.462 e. The van der Waals surface area contributed by atoms with E-state index in [0.29, 0.717) is 8.58 Å². The summed E-state index contributed by atoms with van der Waals surface area (Å²) in [5.41, 5.74) is 0.214. The Hall–Kier alpha value is -0.140. The number of nitrogens with zero attached hydrogens (tertiary/aromatic N) is 1. The van der Waals surface area contributed by atoms with Crippen molar-refractivity contribution in [1.29, 1.82) is 0 Å². The second-order valence-corrected chi connectivity index (χ2v) is 13.9. The third-order valence-corrected chi connectivity index (χ3v) is 8.30. The van der Waals surface area contributed by atoms with Gasteiger partial charge < -0.3 is 4.74 Å². The Kier molecular flexibility index (Phi) is 10.3. The first-order chi connectivity index (χ1) is 13.7. The summed E-state index contributed by atoms with van der Waals surface area (Å²) in [5, 5.41) is -0.373. The van der Waals surface area contributed by atoms with Crippen molar-refractivity contribution in [3.8, 4) is 0 Å². The first kappa shape index (κ1) is 27.9. The van der Waals surface area contributed by atoms with Crippen LogP contribution in [-0.4, -0.2) is 46.4 Å². The van der Waals surface area contributed by atoms with Crippen LogP contribution in [0.15, 0.2) is 0 Å². The predicted octanol–water partition coefficient (Wildman–Crippen LogP) is 7.41. The summed E-state index contributed by atoms with van der Waals surface area (Å²) in [5.74, 6) is 0.0132. The Morgan fingerprint density at radius 1 is 0.967 bits per heavy atom. The highest BCUT2D eigenvalue weighted by Gasteiger charge is 2.47. The number of likely N-dealkylation sites (tertiary alicyclic amines) is 1. The van der Waals surface area contributed by atoms with Crippen LogP contribution in [0.25, 0.3) is 0 Å². The summed E-state index contributed by atoms with van der Waals surface area (Å²) >= 11 is 0. The van der Waals surface area contributed by atoms with Crippen molar-refractivity contribution in [3.05, 3.63) is 0 Å². The molecule has 0 aromatic carbocycles. The second kappa shape index (κ2) is 11.1. The number of carbonyl (C=O) groups is 1. The fraction of sp³-hybridized carbons (Fsp3) is 0.962. The molecule has 0 N–H and O–H groups in total. The molecule has 1 aliphatic heterocycles. The van der Waals surface area contributed by atoms with Gasteiger partial charge in [-0.3, -0.25) is 9.69 Å². The Morgan fingerprint density at radius 3 is 1.93 bits per heavy atom. The van der Waals surface area contributed by atoms with E-state index in [1.54, 1.807) is 0 Å². The van der Waals surface area contributed by atoms with Gasteiger partial charge in [-0.25, -0.2) is 0 Å². The van der Waals surface area contributed by atoms with E-state index in [9.17, 15) is 4.79 Å². The molecule has 1 aliphatic rings. The zero-order valence-electron chi connectivity index (χ0n) is 21.9. The summed E-state index contributed by atoms with van der Waals surface area (Å²) < 4.78 is 6.22. The van der Waals surface area contributed by atoms with Gasteiger partial charge in [-0.2, -0.15) is 0 Å². The van der Waals surface area contributed by atoms with E-state index < -0.39 is 0 Å². The van der Waals surface area contributed by atoms with E-state index in [-0.39, 0.29) is 33.7 Å². The Balaban J connectivity index is 2.74. The van der Waals surface area contributed by atoms with E-state index in [2.05, 4.69) is 73.9 Å². The molecule has 0 aliphatic carbocycles. The number of hydrogen-bond donors (Lipinski definition) is 0. The van der Waals surface area contributed by atoms with Crippen LogP contribution in [0.1, 0.15) is 120 Å². The molecule has 1 rings (SSSR count). The second-order valence-electron chi connectivity index (χ2n) is 12.3. The van der Waals surface area contributed by atoms with E-state index in [1.807, 2.05) is 0 Å². The number of ether oxygens (including phenoxy) is 1. The van der Waals surface area contributed by atoms with Crippen molar-refractivity contribution in [1.82, 2.24) is 4.90 Å². The molecule has 178 valence electrons. The van der Waals surface area contributed by atoms with E-state index >= 15 is 0 Å². The number of unbranched alkanes of at least 4 members (excludes halogenated alkanes) is 5. The maximum absolute atomic E-state index is 13.2. The van der Waals surface area contributed by atoms with Gasteiger partial charge in [-0.05, 0) is 66.1 Å². The van der Waals surface area contributed by atoms with Gasteiger partial charge in [0.2, 0.25) is 0 Å². The summed E-state index contributed by atoms with van der Waals surface area (Å²) in [6, 6.07) is 0. The van der Waals surface area contributed by atoms with Gasteiger partial charge in [0.25, 0.3) is 0 Å². The van der Waals surface area contributed by atoms with Crippen LogP contribution in [-0.2, 0) is 9.53 Å². The lowest BCUT2D eigenvalue weighted by atomic mass is 9.77. The maximum Gasteiger partial charge on any atom is 0.316 e. The zero-order chi connectivity index (χ0) is 23.2. The van der Waals surface area contributed by atoms with Crippen molar-refractivity contribution in [2.24, 2.45) is 5.41 Å². The molecule has 1 fully saturated rings. The number of hydrogen-bond acceptors (Lipinski definition) is 3. The predicted molar refractivity (Wildman–Crippen MR) is 134 cm³/mol. The van der Waals surface area contributed by atoms with Crippen LogP contribution in [0.2, 0.25) is 0 Å². The van der Waals surface area contributed by atoms with Crippen molar-refractivity contribution in [2.45, 2.75) is 142 Å². The monoisotopic (exact) mass is 441 g/mol. The average Bonchev–Trinajstić information content (AvgIpc) is 2.57. The minimum Gasteiger partial charge on any atom is -0.462 e. The Labute approximate surface area is 190 Å². The Bertz CT molecular complexity index is 520. The minimum absolute atomic E-state index is 0.0129. The fourth-order valence-corrected chi connectivity index (χ4v) is 6.54. The molecule has 0 amide bonds. The molecule has 2 atom stereocenters. The molecule has 0 saturated carbocycles. The molecule has 0 aromatic rings. The first-order valence-corrected chi connectivity index (χ1v) is 13.8. The third kappa shape index (κ3) is 8.42. The number of rotatable bonds is 11. The van der Waals surface area contributed by atoms with Crippen LogP contribution >= 0.6 is 8.58 Å². The SMILES string of the molecule is CCCCCCCCN1C(C)(C)CC(OC(=O)C(C)(CC(C)(C)C)PC)CC1(C)C. The lowest BCUT2D eigenvalue weighted by Crippen LogP contribution is -2.62. The van der Waals surface area contributed by atoms with Gasteiger partial charge in [0, 0.05) is 23.9 Å². The molecule has 1 saturated heterocycles. The zero-order valence-corrected chi connectivity index (χ0v) is 22.9. The maximum atomic E-state index is 13.2. The first-order valence-electron chi connectivity index (χ1n) is 12.3. The molecule has 0 radical (unpaired) electrons. The molecular weight excluding hydrogens is 389 g/mol. The highest BCUT2D eigenvalue weighted by molar-refractivity contribution is 7.40. The molecule has 3 nitrogen and oxygen atoms in total. The van der Waals surface area contributed by atoms with Gasteiger partial charge in [0.15, 0.2) is 0 Å². The summed E-state index contributed by atoms with van der Waals surface area (Å²) in [4.78, 5) is 15.9. The summed E-state index contributed by atoms with van der Waals surface area (Å²) in [6.45, 7) is 23.6. The molecule has 4 heteroatoms. The van der Waals surface area contributed by atoms with Gasteiger partial charge in [0.1, 0.15) is 6.10 Å². The van der Waals surface area contributed by atoms with Crippen LogP contribution in [0, 0.1) is 5.41 Å². The van der Waals surface area contributed by atoms with E-state index in [0.717, 1.165) is 25.8 Å². The van der Waals surface area contributed by atoms with Gasteiger partial charge >= 0.3 is 5.97 Å². The van der Waals surface area contributed by atoms with Crippen molar-refractivity contribution in [3.63, 3.8) is 0 Å². The van der Waals surface area contributed by atoms with Crippen LogP contribution in [0.5, 0.6) is 0 Å². The summed E-state index contributed by atoms with van der Waals surface area (Å²) in [7, 11) is 0.558. The standard InChI is InChI=1S/C26H52NO2P/c1-11-12-13-14-15-16-17-27-24(5,6)18-21(19-25(27,7)8)29-22(28)26(9,30-10)20-23(2,3)4/h21,30H,11-20H2,1-10H3. The third-order valence-electron chi connectivity index (χ3n) is 6.81. The lowest BCUT2D eigenvalue weighted by molar-refractivity contribution is -0.163. The molecule has 2 unspecified atom stereocenters. The number of carbonyl (C=O) groups excluding carboxylic acids is 1. The molecule has 30 heavy (non-hydrogen) atoms. The highest BCUT2D eigenvalue weighted by atomic mass is 31.1. The van der Waals surface area contributed by atoms with Crippen molar-refractivity contribution < 1.29 is 9.53 Å². The smallest absolute Gasteiger partial charge is 0.316 e. The average molecular weight is 442 g/mol. The fourth-order valence-electron chi connectivity index (χ4n) is 5.57. The highest BCUT2D eigenvalue weighted by Crippen LogP contribution is 2.43. The molecule has 0 spiro atoms. The quantitative estimate of drug-likeness (QED) is 0.190. The normalized spacial score (nSPS) is 22.3. The Morgan fingerprint density at radius 2 is 1.47 bits per heavy atom. The minimum atomic E-state index is -0.373. The van der Waals surface area contributed by atoms with Gasteiger partial charge in [-0.15, -0.1) is 8.58 Å². The van der Waals surface area contributed by atoms with Crippen molar-refractivity contribution >= 4 is 14.6 Å². The van der Waals surface area contributed by atoms with Gasteiger partial charge in [0.05, 0.1) is 5.16 Å². The molecule has 0 aromatic heterocycles. The summed E-state index contributed by atoms with van der Waals surface area (Å²) in [6.07, 6.45) is 10.7. The van der Waals surface area contributed by atoms with Crippen LogP contribution in [0.3, 0.4) is 0 Å².